The number of thioether (sulfide) groups is 1. The molecule has 1 aromatic carbocycles. The van der Waals surface area contributed by atoms with Crippen LogP contribution in [0.3, 0.4) is 0 Å². The van der Waals surface area contributed by atoms with Gasteiger partial charge in [0.05, 0.1) is 0 Å². The minimum Gasteiger partial charge on any atom is -0.330 e. The molecular formula is C9H8ClN3S2. The van der Waals surface area contributed by atoms with E-state index in [4.69, 9.17) is 11.6 Å². The lowest BCUT2D eigenvalue weighted by molar-refractivity contribution is 1.02. The van der Waals surface area contributed by atoms with Gasteiger partial charge in [-0.25, -0.2) is 0 Å². The van der Waals surface area contributed by atoms with Crippen LogP contribution in [-0.2, 0) is 0 Å². The number of nitrogens with one attached hydrogen (secondary N) is 1. The van der Waals surface area contributed by atoms with Crippen molar-refractivity contribution in [2.24, 2.45) is 0 Å². The van der Waals surface area contributed by atoms with Crippen LogP contribution in [0.5, 0.6) is 0 Å². The van der Waals surface area contributed by atoms with E-state index in [-0.39, 0.29) is 0 Å². The fourth-order valence-corrected chi connectivity index (χ4v) is 2.41. The number of halogens is 1. The summed E-state index contributed by atoms with van der Waals surface area (Å²) in [6, 6.07) is 7.51. The van der Waals surface area contributed by atoms with Crippen molar-refractivity contribution in [3.63, 3.8) is 0 Å². The summed E-state index contributed by atoms with van der Waals surface area (Å²) < 4.78 is 0.944. The highest BCUT2D eigenvalue weighted by molar-refractivity contribution is 8.00. The first-order valence-electron chi connectivity index (χ1n) is 4.18. The largest absolute Gasteiger partial charge is 0.330 e. The van der Waals surface area contributed by atoms with Crippen molar-refractivity contribution in [2.45, 2.75) is 4.34 Å². The van der Waals surface area contributed by atoms with Gasteiger partial charge < -0.3 is 5.32 Å². The number of hydrogen-bond acceptors (Lipinski definition) is 5. The smallest absolute Gasteiger partial charge is 0.210 e. The van der Waals surface area contributed by atoms with Gasteiger partial charge >= 0.3 is 0 Å². The molecule has 1 N–H and O–H groups in total. The average Bonchev–Trinajstić information content (AvgIpc) is 2.65. The van der Waals surface area contributed by atoms with Gasteiger partial charge in [-0.15, -0.1) is 10.2 Å². The maximum atomic E-state index is 5.87. The highest BCUT2D eigenvalue weighted by Crippen LogP contribution is 2.26. The molecule has 0 atom stereocenters. The number of nitrogens with zero attached hydrogens (tertiary/aromatic N) is 2. The van der Waals surface area contributed by atoms with Crippen LogP contribution in [0.4, 0.5) is 10.8 Å². The Balaban J connectivity index is 2.14. The Bertz CT molecular complexity index is 458. The molecule has 0 bridgehead atoms. The van der Waals surface area contributed by atoms with E-state index >= 15 is 0 Å². The van der Waals surface area contributed by atoms with E-state index in [1.807, 2.05) is 30.5 Å². The first-order valence-corrected chi connectivity index (χ1v) is 6.60. The second-order valence-corrected chi connectivity index (χ2v) is 5.18. The first kappa shape index (κ1) is 10.7. The lowest BCUT2D eigenvalue weighted by Gasteiger charge is -2.00. The van der Waals surface area contributed by atoms with Crippen molar-refractivity contribution in [2.75, 3.05) is 11.6 Å². The molecule has 1 aromatic heterocycles. The molecule has 6 heteroatoms. The summed E-state index contributed by atoms with van der Waals surface area (Å²) in [5.41, 5.74) is 0.923. The SMILES string of the molecule is CSc1nnc(Nc2cccc(Cl)c2)s1. The zero-order valence-electron chi connectivity index (χ0n) is 7.90. The van der Waals surface area contributed by atoms with Crippen molar-refractivity contribution in [3.8, 4) is 0 Å². The molecule has 2 rings (SSSR count). The van der Waals surface area contributed by atoms with Gasteiger partial charge in [0.15, 0.2) is 4.34 Å². The maximum absolute atomic E-state index is 5.87. The highest BCUT2D eigenvalue weighted by atomic mass is 35.5. The molecule has 1 heterocycles. The van der Waals surface area contributed by atoms with E-state index in [2.05, 4.69) is 15.5 Å². The molecule has 15 heavy (non-hydrogen) atoms. The molecule has 0 aliphatic rings. The van der Waals surface area contributed by atoms with Gasteiger partial charge in [0.2, 0.25) is 5.13 Å². The lowest BCUT2D eigenvalue weighted by Crippen LogP contribution is -1.88. The fraction of sp³-hybridized carbons (Fsp3) is 0.111. The molecule has 0 fully saturated rings. The predicted molar refractivity (Wildman–Crippen MR) is 66.4 cm³/mol. The van der Waals surface area contributed by atoms with Crippen molar-refractivity contribution < 1.29 is 0 Å². The molecule has 0 saturated carbocycles. The van der Waals surface area contributed by atoms with Crippen LogP contribution in [0.15, 0.2) is 28.6 Å². The minimum atomic E-state index is 0.703. The number of rotatable bonds is 3. The van der Waals surface area contributed by atoms with Gasteiger partial charge in [-0.1, -0.05) is 40.8 Å². The quantitative estimate of drug-likeness (QED) is 0.852. The van der Waals surface area contributed by atoms with Crippen LogP contribution in [0.1, 0.15) is 0 Å². The Morgan fingerprint density at radius 2 is 2.27 bits per heavy atom. The molecule has 0 aliphatic heterocycles. The number of aromatic nitrogens is 2. The van der Waals surface area contributed by atoms with Crippen molar-refractivity contribution in [1.29, 1.82) is 0 Å². The van der Waals surface area contributed by atoms with E-state index in [1.54, 1.807) is 11.8 Å². The molecular weight excluding hydrogens is 250 g/mol. The van der Waals surface area contributed by atoms with E-state index < -0.39 is 0 Å². The zero-order chi connectivity index (χ0) is 10.7. The molecule has 0 amide bonds. The van der Waals surface area contributed by atoms with E-state index in [9.17, 15) is 0 Å². The first-order chi connectivity index (χ1) is 7.28. The third kappa shape index (κ3) is 2.84. The van der Waals surface area contributed by atoms with Crippen LogP contribution in [0.25, 0.3) is 0 Å². The number of benzene rings is 1. The number of anilines is 2. The normalized spacial score (nSPS) is 10.3. The van der Waals surface area contributed by atoms with Crippen LogP contribution >= 0.6 is 34.7 Å². The summed E-state index contributed by atoms with van der Waals surface area (Å²) >= 11 is 8.97. The second kappa shape index (κ2) is 4.83. The standard InChI is InChI=1S/C9H8ClN3S2/c1-14-9-13-12-8(15-9)11-7-4-2-3-6(10)5-7/h2-5H,1H3,(H,11,12). The van der Waals surface area contributed by atoms with Crippen LogP contribution in [-0.4, -0.2) is 16.5 Å². The van der Waals surface area contributed by atoms with Gasteiger partial charge in [0.1, 0.15) is 0 Å². The molecule has 3 nitrogen and oxygen atoms in total. The van der Waals surface area contributed by atoms with Crippen molar-refractivity contribution >= 4 is 45.5 Å². The van der Waals surface area contributed by atoms with Crippen LogP contribution in [0, 0.1) is 0 Å². The van der Waals surface area contributed by atoms with Gasteiger partial charge in [-0.3, -0.25) is 0 Å². The van der Waals surface area contributed by atoms with Crippen LogP contribution < -0.4 is 5.32 Å². The Morgan fingerprint density at radius 1 is 1.40 bits per heavy atom. The van der Waals surface area contributed by atoms with Gasteiger partial charge in [0.25, 0.3) is 0 Å². The Labute approximate surface area is 101 Å². The monoisotopic (exact) mass is 257 g/mol. The van der Waals surface area contributed by atoms with Gasteiger partial charge in [0, 0.05) is 10.7 Å². The summed E-state index contributed by atoms with van der Waals surface area (Å²) in [4.78, 5) is 0. The Kier molecular flexibility index (Phi) is 3.45. The summed E-state index contributed by atoms with van der Waals surface area (Å²) in [5.74, 6) is 0. The molecule has 0 radical (unpaired) electrons. The van der Waals surface area contributed by atoms with E-state index in [0.717, 1.165) is 15.2 Å². The Morgan fingerprint density at radius 3 is 2.93 bits per heavy atom. The fourth-order valence-electron chi connectivity index (χ4n) is 1.03. The zero-order valence-corrected chi connectivity index (χ0v) is 10.3. The summed E-state index contributed by atoms with van der Waals surface area (Å²) in [6.07, 6.45) is 1.98. The molecule has 78 valence electrons. The molecule has 0 unspecified atom stereocenters. The Hall–Kier alpha value is -0.780. The molecule has 0 aliphatic carbocycles. The van der Waals surface area contributed by atoms with Crippen molar-refractivity contribution in [1.82, 2.24) is 10.2 Å². The van der Waals surface area contributed by atoms with Gasteiger partial charge in [-0.05, 0) is 24.5 Å². The highest BCUT2D eigenvalue weighted by Gasteiger charge is 2.02. The summed E-state index contributed by atoms with van der Waals surface area (Å²) in [5, 5.41) is 12.6. The third-order valence-electron chi connectivity index (χ3n) is 1.66. The maximum Gasteiger partial charge on any atom is 0.210 e. The second-order valence-electron chi connectivity index (χ2n) is 2.71. The van der Waals surface area contributed by atoms with E-state index in [0.29, 0.717) is 5.02 Å². The van der Waals surface area contributed by atoms with Gasteiger partial charge in [-0.2, -0.15) is 0 Å². The summed E-state index contributed by atoms with van der Waals surface area (Å²) in [7, 11) is 0. The van der Waals surface area contributed by atoms with Crippen LogP contribution in [0.2, 0.25) is 5.02 Å². The van der Waals surface area contributed by atoms with E-state index in [1.165, 1.54) is 11.3 Å². The predicted octanol–water partition coefficient (Wildman–Crippen LogP) is 3.66. The minimum absolute atomic E-state index is 0.703. The van der Waals surface area contributed by atoms with Crippen molar-refractivity contribution in [3.05, 3.63) is 29.3 Å². The average molecular weight is 258 g/mol. The number of hydrogen-bond donors (Lipinski definition) is 1. The topological polar surface area (TPSA) is 37.8 Å². The molecule has 0 saturated heterocycles. The third-order valence-corrected chi connectivity index (χ3v) is 3.71. The summed E-state index contributed by atoms with van der Waals surface area (Å²) in [6.45, 7) is 0. The molecule has 0 spiro atoms. The molecule has 2 aromatic rings. The lowest BCUT2D eigenvalue weighted by atomic mass is 10.3.